The number of carbonyl (C=O) groups is 1. The van der Waals surface area contributed by atoms with Crippen LogP contribution in [-0.4, -0.2) is 19.7 Å². The third-order valence-corrected chi connectivity index (χ3v) is 5.31. The third kappa shape index (κ3) is 5.06. The Morgan fingerprint density at radius 3 is 2.52 bits per heavy atom. The number of benzene rings is 1. The number of nitrogens with one attached hydrogen (secondary N) is 1. The van der Waals surface area contributed by atoms with Crippen molar-refractivity contribution in [3.8, 4) is 5.75 Å². The van der Waals surface area contributed by atoms with E-state index in [1.54, 1.807) is 11.3 Å². The molecule has 1 N–H and O–H groups in total. The Labute approximate surface area is 148 Å². The van der Waals surface area contributed by atoms with Gasteiger partial charge in [-0.25, -0.2) is 4.79 Å². The van der Waals surface area contributed by atoms with Crippen molar-refractivity contribution in [2.75, 3.05) is 13.7 Å². The number of esters is 1. The Hall–Kier alpha value is -1.37. The number of carbonyl (C=O) groups excluding carboxylic acids is 1. The summed E-state index contributed by atoms with van der Waals surface area (Å²) in [5.74, 6) is 0.371. The number of hydrogen-bond acceptors (Lipinski definition) is 5. The van der Waals surface area contributed by atoms with Gasteiger partial charge in [0.25, 0.3) is 0 Å². The summed E-state index contributed by atoms with van der Waals surface area (Å²) in [5.41, 5.74) is 3.23. The first-order valence-corrected chi connectivity index (χ1v) is 8.91. The van der Waals surface area contributed by atoms with Gasteiger partial charge in [-0.15, -0.1) is 11.3 Å². The topological polar surface area (TPSA) is 47.6 Å². The number of ether oxygens (including phenoxy) is 2. The van der Waals surface area contributed by atoms with Gasteiger partial charge in [-0.05, 0) is 57.9 Å². The highest BCUT2D eigenvalue weighted by atomic mass is 79.9. The molecule has 4 nitrogen and oxygen atoms in total. The summed E-state index contributed by atoms with van der Waals surface area (Å²) in [6.45, 7) is 5.51. The van der Waals surface area contributed by atoms with Gasteiger partial charge in [-0.2, -0.15) is 0 Å². The standard InChI is InChI=1S/C17H20BrNO3S/c1-11-6-13(8-19-9-15-14(18)4-5-23-15)7-12(2)17(11)22-10-16(20)21-3/h4-7,19H,8-10H2,1-3H3. The van der Waals surface area contributed by atoms with Gasteiger partial charge in [-0.3, -0.25) is 0 Å². The fraction of sp³-hybridized carbons (Fsp3) is 0.353. The lowest BCUT2D eigenvalue weighted by molar-refractivity contribution is -0.142. The minimum Gasteiger partial charge on any atom is -0.481 e. The highest BCUT2D eigenvalue weighted by molar-refractivity contribution is 9.10. The summed E-state index contributed by atoms with van der Waals surface area (Å²) in [6.07, 6.45) is 0. The van der Waals surface area contributed by atoms with Crippen molar-refractivity contribution in [1.29, 1.82) is 0 Å². The average Bonchev–Trinajstić information content (AvgIpc) is 2.91. The van der Waals surface area contributed by atoms with Crippen LogP contribution < -0.4 is 10.1 Å². The van der Waals surface area contributed by atoms with E-state index in [1.165, 1.54) is 17.6 Å². The molecule has 0 aliphatic rings. The van der Waals surface area contributed by atoms with Gasteiger partial charge in [0.1, 0.15) is 5.75 Å². The van der Waals surface area contributed by atoms with Crippen molar-refractivity contribution in [1.82, 2.24) is 5.32 Å². The Bertz CT molecular complexity index is 661. The lowest BCUT2D eigenvalue weighted by Crippen LogP contribution is -2.15. The van der Waals surface area contributed by atoms with Crippen molar-refractivity contribution in [3.05, 3.63) is 49.6 Å². The van der Waals surface area contributed by atoms with Gasteiger partial charge in [0, 0.05) is 22.4 Å². The molecule has 1 aromatic carbocycles. The molecule has 6 heteroatoms. The van der Waals surface area contributed by atoms with Crippen LogP contribution in [0, 0.1) is 13.8 Å². The van der Waals surface area contributed by atoms with E-state index in [2.05, 4.69) is 49.6 Å². The smallest absolute Gasteiger partial charge is 0.343 e. The molecule has 0 saturated carbocycles. The van der Waals surface area contributed by atoms with Crippen LogP contribution in [-0.2, 0) is 22.6 Å². The molecule has 23 heavy (non-hydrogen) atoms. The second-order valence-electron chi connectivity index (χ2n) is 5.22. The number of thiophene rings is 1. The fourth-order valence-electron chi connectivity index (χ4n) is 2.33. The minimum atomic E-state index is -0.379. The normalized spacial score (nSPS) is 10.6. The predicted molar refractivity (Wildman–Crippen MR) is 96.0 cm³/mol. The zero-order valence-electron chi connectivity index (χ0n) is 13.4. The molecule has 2 aromatic rings. The van der Waals surface area contributed by atoms with E-state index < -0.39 is 0 Å². The molecular formula is C17H20BrNO3S. The van der Waals surface area contributed by atoms with E-state index in [-0.39, 0.29) is 12.6 Å². The van der Waals surface area contributed by atoms with Crippen molar-refractivity contribution < 1.29 is 14.3 Å². The quantitative estimate of drug-likeness (QED) is 0.717. The van der Waals surface area contributed by atoms with Crippen LogP contribution in [0.4, 0.5) is 0 Å². The molecule has 0 bridgehead atoms. The summed E-state index contributed by atoms with van der Waals surface area (Å²) in [5, 5.41) is 5.52. The zero-order chi connectivity index (χ0) is 16.8. The molecular weight excluding hydrogens is 378 g/mol. The van der Waals surface area contributed by atoms with Crippen LogP contribution in [0.15, 0.2) is 28.1 Å². The molecule has 0 aliphatic carbocycles. The van der Waals surface area contributed by atoms with E-state index in [0.29, 0.717) is 0 Å². The lowest BCUT2D eigenvalue weighted by atomic mass is 10.1. The second kappa shape index (κ2) is 8.47. The fourth-order valence-corrected chi connectivity index (χ4v) is 3.79. The Kier molecular flexibility index (Phi) is 6.62. The Morgan fingerprint density at radius 2 is 1.96 bits per heavy atom. The van der Waals surface area contributed by atoms with Gasteiger partial charge >= 0.3 is 5.97 Å². The maximum atomic E-state index is 11.2. The largest absolute Gasteiger partial charge is 0.481 e. The Morgan fingerprint density at radius 1 is 1.26 bits per heavy atom. The van der Waals surface area contributed by atoms with Gasteiger partial charge < -0.3 is 14.8 Å². The maximum absolute atomic E-state index is 11.2. The van der Waals surface area contributed by atoms with E-state index in [1.807, 2.05) is 13.8 Å². The molecule has 0 atom stereocenters. The average molecular weight is 398 g/mol. The van der Waals surface area contributed by atoms with Gasteiger partial charge in [0.15, 0.2) is 6.61 Å². The van der Waals surface area contributed by atoms with Crippen LogP contribution in [0.5, 0.6) is 5.75 Å². The molecule has 2 rings (SSSR count). The summed E-state index contributed by atoms with van der Waals surface area (Å²) in [4.78, 5) is 12.5. The minimum absolute atomic E-state index is 0.0673. The first kappa shape index (κ1) is 18.0. The van der Waals surface area contributed by atoms with E-state index in [4.69, 9.17) is 4.74 Å². The van der Waals surface area contributed by atoms with Gasteiger partial charge in [0.2, 0.25) is 0 Å². The zero-order valence-corrected chi connectivity index (χ0v) is 15.8. The van der Waals surface area contributed by atoms with Crippen LogP contribution in [0.25, 0.3) is 0 Å². The molecule has 0 radical (unpaired) electrons. The SMILES string of the molecule is COC(=O)COc1c(C)cc(CNCc2sccc2Br)cc1C. The van der Waals surface area contributed by atoms with Crippen molar-refractivity contribution in [2.24, 2.45) is 0 Å². The van der Waals surface area contributed by atoms with Crippen molar-refractivity contribution in [3.63, 3.8) is 0 Å². The van der Waals surface area contributed by atoms with Crippen LogP contribution in [0.2, 0.25) is 0 Å². The molecule has 0 aliphatic heterocycles. The van der Waals surface area contributed by atoms with Gasteiger partial charge in [0.05, 0.1) is 7.11 Å². The van der Waals surface area contributed by atoms with Crippen LogP contribution >= 0.6 is 27.3 Å². The second-order valence-corrected chi connectivity index (χ2v) is 7.07. The molecule has 0 unspecified atom stereocenters. The first-order valence-electron chi connectivity index (χ1n) is 7.23. The number of hydrogen-bond donors (Lipinski definition) is 1. The molecule has 124 valence electrons. The van der Waals surface area contributed by atoms with Gasteiger partial charge in [-0.1, -0.05) is 12.1 Å². The molecule has 0 saturated heterocycles. The van der Waals surface area contributed by atoms with E-state index in [0.717, 1.165) is 34.4 Å². The third-order valence-electron chi connectivity index (χ3n) is 3.39. The maximum Gasteiger partial charge on any atom is 0.343 e. The highest BCUT2D eigenvalue weighted by Gasteiger charge is 2.09. The monoisotopic (exact) mass is 397 g/mol. The van der Waals surface area contributed by atoms with Crippen LogP contribution in [0.3, 0.4) is 0 Å². The first-order chi connectivity index (χ1) is 11.0. The summed E-state index contributed by atoms with van der Waals surface area (Å²) in [6, 6.07) is 6.22. The van der Waals surface area contributed by atoms with Crippen molar-refractivity contribution in [2.45, 2.75) is 26.9 Å². The number of methoxy groups -OCH3 is 1. The van der Waals surface area contributed by atoms with Crippen LogP contribution in [0.1, 0.15) is 21.6 Å². The molecule has 0 spiro atoms. The lowest BCUT2D eigenvalue weighted by Gasteiger charge is -2.14. The summed E-state index contributed by atoms with van der Waals surface area (Å²) >= 11 is 5.27. The Balaban J connectivity index is 1.96. The summed E-state index contributed by atoms with van der Waals surface area (Å²) < 4.78 is 11.3. The predicted octanol–water partition coefficient (Wildman–Crippen LogP) is 3.97. The number of rotatable bonds is 7. The van der Waals surface area contributed by atoms with E-state index in [9.17, 15) is 4.79 Å². The molecule has 0 amide bonds. The number of aryl methyl sites for hydroxylation is 2. The van der Waals surface area contributed by atoms with E-state index >= 15 is 0 Å². The molecule has 1 heterocycles. The summed E-state index contributed by atoms with van der Waals surface area (Å²) in [7, 11) is 1.35. The highest BCUT2D eigenvalue weighted by Crippen LogP contribution is 2.25. The number of halogens is 1. The molecule has 0 fully saturated rings. The molecule has 1 aromatic heterocycles. The van der Waals surface area contributed by atoms with Crippen molar-refractivity contribution >= 4 is 33.2 Å².